The molecule has 2 heteroatoms. The Morgan fingerprint density at radius 1 is 1.55 bits per heavy atom. The zero-order valence-corrected chi connectivity index (χ0v) is 6.79. The third-order valence-electron chi connectivity index (χ3n) is 2.80. The highest BCUT2D eigenvalue weighted by atomic mass is 16.3. The quantitative estimate of drug-likeness (QED) is 0.562. The average molecular weight is 153 g/mol. The fraction of sp³-hybridized carbons (Fsp3) is 0.778. The van der Waals surface area contributed by atoms with E-state index in [2.05, 4.69) is 11.0 Å². The number of fused-ring (bicyclic) bond motifs is 1. The van der Waals surface area contributed by atoms with Gasteiger partial charge in [0.1, 0.15) is 0 Å². The van der Waals surface area contributed by atoms with Crippen molar-refractivity contribution in [2.75, 3.05) is 19.7 Å². The molecule has 2 heterocycles. The van der Waals surface area contributed by atoms with Crippen molar-refractivity contribution in [3.63, 3.8) is 0 Å². The van der Waals surface area contributed by atoms with Crippen LogP contribution in [0.4, 0.5) is 0 Å². The molecule has 0 aromatic carbocycles. The van der Waals surface area contributed by atoms with Crippen molar-refractivity contribution in [3.8, 4) is 0 Å². The van der Waals surface area contributed by atoms with Crippen molar-refractivity contribution < 1.29 is 5.11 Å². The highest BCUT2D eigenvalue weighted by molar-refractivity contribution is 5.16. The second-order valence-corrected chi connectivity index (χ2v) is 3.42. The predicted molar refractivity (Wildman–Crippen MR) is 44.4 cm³/mol. The van der Waals surface area contributed by atoms with E-state index in [4.69, 9.17) is 5.11 Å². The molecule has 0 aromatic rings. The Bertz CT molecular complexity index is 176. The Kier molecular flexibility index (Phi) is 1.96. The van der Waals surface area contributed by atoms with Gasteiger partial charge in [-0.1, -0.05) is 6.08 Å². The van der Waals surface area contributed by atoms with E-state index in [1.807, 2.05) is 0 Å². The van der Waals surface area contributed by atoms with Gasteiger partial charge in [-0.2, -0.15) is 0 Å². The van der Waals surface area contributed by atoms with Gasteiger partial charge in [0, 0.05) is 12.6 Å². The van der Waals surface area contributed by atoms with Gasteiger partial charge in [-0.05, 0) is 31.4 Å². The van der Waals surface area contributed by atoms with Crippen molar-refractivity contribution in [1.29, 1.82) is 0 Å². The summed E-state index contributed by atoms with van der Waals surface area (Å²) in [7, 11) is 0. The SMILES string of the molecule is OCC1=CCCN2CCC[C@@H]12. The van der Waals surface area contributed by atoms with Gasteiger partial charge in [0.2, 0.25) is 0 Å². The highest BCUT2D eigenvalue weighted by Crippen LogP contribution is 2.27. The van der Waals surface area contributed by atoms with E-state index in [1.54, 1.807) is 0 Å². The molecule has 0 amide bonds. The van der Waals surface area contributed by atoms with Crippen molar-refractivity contribution in [1.82, 2.24) is 4.90 Å². The number of nitrogens with zero attached hydrogens (tertiary/aromatic N) is 1. The van der Waals surface area contributed by atoms with Crippen LogP contribution in [0.2, 0.25) is 0 Å². The molecular formula is C9H15NO. The molecule has 0 bridgehead atoms. The van der Waals surface area contributed by atoms with Crippen molar-refractivity contribution in [2.24, 2.45) is 0 Å². The molecule has 1 saturated heterocycles. The molecule has 1 N–H and O–H groups in total. The molecule has 0 spiro atoms. The van der Waals surface area contributed by atoms with E-state index in [-0.39, 0.29) is 6.61 Å². The topological polar surface area (TPSA) is 23.5 Å². The molecule has 0 aliphatic carbocycles. The summed E-state index contributed by atoms with van der Waals surface area (Å²) in [5, 5.41) is 9.04. The Balaban J connectivity index is 2.13. The average Bonchev–Trinajstić information content (AvgIpc) is 2.50. The molecule has 0 radical (unpaired) electrons. The van der Waals surface area contributed by atoms with Crippen LogP contribution in [0.25, 0.3) is 0 Å². The molecule has 2 nitrogen and oxygen atoms in total. The third kappa shape index (κ3) is 1.21. The van der Waals surface area contributed by atoms with Gasteiger partial charge in [-0.25, -0.2) is 0 Å². The number of hydrogen-bond acceptors (Lipinski definition) is 2. The van der Waals surface area contributed by atoms with Crippen molar-refractivity contribution in [3.05, 3.63) is 11.6 Å². The summed E-state index contributed by atoms with van der Waals surface area (Å²) in [6, 6.07) is 0.591. The summed E-state index contributed by atoms with van der Waals surface area (Å²) in [6.07, 6.45) is 5.91. The molecule has 1 atom stereocenters. The molecule has 1 fully saturated rings. The largest absolute Gasteiger partial charge is 0.392 e. The number of aliphatic hydroxyl groups excluding tert-OH is 1. The minimum absolute atomic E-state index is 0.265. The van der Waals surface area contributed by atoms with Crippen LogP contribution in [0.3, 0.4) is 0 Å². The normalized spacial score (nSPS) is 31.7. The number of aliphatic hydroxyl groups is 1. The Hall–Kier alpha value is -0.340. The first kappa shape index (κ1) is 7.32. The van der Waals surface area contributed by atoms with Gasteiger partial charge in [0.05, 0.1) is 6.61 Å². The zero-order chi connectivity index (χ0) is 7.68. The van der Waals surface area contributed by atoms with Crippen molar-refractivity contribution in [2.45, 2.75) is 25.3 Å². The second kappa shape index (κ2) is 2.95. The molecule has 0 unspecified atom stereocenters. The van der Waals surface area contributed by atoms with Crippen LogP contribution in [-0.4, -0.2) is 35.7 Å². The summed E-state index contributed by atoms with van der Waals surface area (Å²) < 4.78 is 0. The van der Waals surface area contributed by atoms with Gasteiger partial charge >= 0.3 is 0 Å². The summed E-state index contributed by atoms with van der Waals surface area (Å²) in [5.74, 6) is 0. The summed E-state index contributed by atoms with van der Waals surface area (Å²) >= 11 is 0. The van der Waals surface area contributed by atoms with Crippen LogP contribution in [-0.2, 0) is 0 Å². The van der Waals surface area contributed by atoms with Gasteiger partial charge in [0.15, 0.2) is 0 Å². The molecule has 2 aliphatic heterocycles. The summed E-state index contributed by atoms with van der Waals surface area (Å²) in [5.41, 5.74) is 1.26. The lowest BCUT2D eigenvalue weighted by atomic mass is 10.0. The number of rotatable bonds is 1. The van der Waals surface area contributed by atoms with Crippen molar-refractivity contribution >= 4 is 0 Å². The summed E-state index contributed by atoms with van der Waals surface area (Å²) in [6.45, 7) is 2.71. The lowest BCUT2D eigenvalue weighted by Crippen LogP contribution is -2.35. The van der Waals surface area contributed by atoms with Crippen LogP contribution in [0, 0.1) is 0 Å². The predicted octanol–water partition coefficient (Wildman–Crippen LogP) is 0.773. The molecule has 62 valence electrons. The molecule has 0 aromatic heterocycles. The fourth-order valence-electron chi connectivity index (χ4n) is 2.24. The lowest BCUT2D eigenvalue weighted by molar-refractivity contribution is 0.237. The van der Waals surface area contributed by atoms with E-state index < -0.39 is 0 Å². The minimum atomic E-state index is 0.265. The van der Waals surface area contributed by atoms with Crippen LogP contribution in [0.1, 0.15) is 19.3 Å². The smallest absolute Gasteiger partial charge is 0.0656 e. The van der Waals surface area contributed by atoms with Crippen LogP contribution in [0.5, 0.6) is 0 Å². The van der Waals surface area contributed by atoms with Gasteiger partial charge in [-0.3, -0.25) is 4.90 Å². The summed E-state index contributed by atoms with van der Waals surface area (Å²) in [4.78, 5) is 2.49. The Labute approximate surface area is 67.5 Å². The molecule has 0 saturated carbocycles. The number of hydrogen-bond donors (Lipinski definition) is 1. The second-order valence-electron chi connectivity index (χ2n) is 3.42. The molecular weight excluding hydrogens is 138 g/mol. The molecule has 11 heavy (non-hydrogen) atoms. The maximum Gasteiger partial charge on any atom is 0.0656 e. The third-order valence-corrected chi connectivity index (χ3v) is 2.80. The maximum absolute atomic E-state index is 9.04. The zero-order valence-electron chi connectivity index (χ0n) is 6.79. The van der Waals surface area contributed by atoms with E-state index in [0.717, 1.165) is 6.42 Å². The van der Waals surface area contributed by atoms with Gasteiger partial charge in [0.25, 0.3) is 0 Å². The van der Waals surface area contributed by atoms with Crippen LogP contribution < -0.4 is 0 Å². The van der Waals surface area contributed by atoms with E-state index in [9.17, 15) is 0 Å². The van der Waals surface area contributed by atoms with E-state index in [0.29, 0.717) is 6.04 Å². The van der Waals surface area contributed by atoms with Gasteiger partial charge < -0.3 is 5.11 Å². The minimum Gasteiger partial charge on any atom is -0.392 e. The van der Waals surface area contributed by atoms with Crippen LogP contribution >= 0.6 is 0 Å². The van der Waals surface area contributed by atoms with E-state index in [1.165, 1.54) is 31.5 Å². The fourth-order valence-corrected chi connectivity index (χ4v) is 2.24. The van der Waals surface area contributed by atoms with Gasteiger partial charge in [-0.15, -0.1) is 0 Å². The van der Waals surface area contributed by atoms with Crippen LogP contribution in [0.15, 0.2) is 11.6 Å². The highest BCUT2D eigenvalue weighted by Gasteiger charge is 2.28. The molecule has 2 aliphatic rings. The Morgan fingerprint density at radius 3 is 3.27 bits per heavy atom. The van der Waals surface area contributed by atoms with E-state index >= 15 is 0 Å². The monoisotopic (exact) mass is 153 g/mol. The first-order valence-electron chi connectivity index (χ1n) is 4.45. The first-order chi connectivity index (χ1) is 5.42. The Morgan fingerprint density at radius 2 is 2.45 bits per heavy atom. The lowest BCUT2D eigenvalue weighted by Gasteiger charge is -2.29. The standard InChI is InChI=1S/C9H15NO/c11-7-8-3-1-5-10-6-2-4-9(8)10/h3,9,11H,1-2,4-7H2/t9-/m0/s1. The first-order valence-corrected chi connectivity index (χ1v) is 4.45. The maximum atomic E-state index is 9.04. The molecule has 2 rings (SSSR count).